The Kier molecular flexibility index (Phi) is 3.69. The normalized spacial score (nSPS) is 18.9. The molecule has 1 aromatic heterocycles. The standard InChI is InChI=1S/C17H22N2/c1-18-17-10-6-5-9-15-12-19(13-16(15)17)11-14-7-3-2-4-8-14/h2-4,7-8,12-13,17-18H,5-6,9-11H2,1H3. The fourth-order valence-corrected chi connectivity index (χ4v) is 3.10. The zero-order valence-corrected chi connectivity index (χ0v) is 11.6. The monoisotopic (exact) mass is 254 g/mol. The van der Waals surface area contributed by atoms with E-state index in [0.29, 0.717) is 6.04 Å². The first-order chi connectivity index (χ1) is 9.36. The first kappa shape index (κ1) is 12.5. The highest BCUT2D eigenvalue weighted by atomic mass is 15.0. The fourth-order valence-electron chi connectivity index (χ4n) is 3.10. The van der Waals surface area contributed by atoms with Gasteiger partial charge in [0.25, 0.3) is 0 Å². The van der Waals surface area contributed by atoms with Gasteiger partial charge in [-0.3, -0.25) is 0 Å². The first-order valence-electron chi connectivity index (χ1n) is 7.26. The quantitative estimate of drug-likeness (QED) is 0.829. The van der Waals surface area contributed by atoms with Crippen LogP contribution in [0.1, 0.15) is 42.0 Å². The highest BCUT2D eigenvalue weighted by Gasteiger charge is 2.18. The predicted molar refractivity (Wildman–Crippen MR) is 79.3 cm³/mol. The van der Waals surface area contributed by atoms with E-state index in [1.165, 1.54) is 42.4 Å². The number of nitrogens with one attached hydrogen (secondary N) is 1. The number of benzene rings is 1. The van der Waals surface area contributed by atoms with E-state index >= 15 is 0 Å². The van der Waals surface area contributed by atoms with Gasteiger partial charge in [0.2, 0.25) is 0 Å². The summed E-state index contributed by atoms with van der Waals surface area (Å²) in [5.74, 6) is 0. The molecule has 0 spiro atoms. The van der Waals surface area contributed by atoms with Crippen LogP contribution in [0.15, 0.2) is 42.7 Å². The number of aryl methyl sites for hydroxylation is 1. The van der Waals surface area contributed by atoms with Gasteiger partial charge in [-0.2, -0.15) is 0 Å². The van der Waals surface area contributed by atoms with Gasteiger partial charge in [-0.1, -0.05) is 36.8 Å². The van der Waals surface area contributed by atoms with Crippen molar-refractivity contribution in [2.24, 2.45) is 0 Å². The minimum Gasteiger partial charge on any atom is -0.349 e. The van der Waals surface area contributed by atoms with E-state index in [2.05, 4.69) is 59.7 Å². The smallest absolute Gasteiger partial charge is 0.0470 e. The summed E-state index contributed by atoms with van der Waals surface area (Å²) in [5.41, 5.74) is 4.41. The molecular formula is C17H22N2. The van der Waals surface area contributed by atoms with Crippen LogP contribution in [0.4, 0.5) is 0 Å². The van der Waals surface area contributed by atoms with Crippen LogP contribution in [0.2, 0.25) is 0 Å². The lowest BCUT2D eigenvalue weighted by Crippen LogP contribution is -2.15. The molecular weight excluding hydrogens is 232 g/mol. The van der Waals surface area contributed by atoms with Crippen molar-refractivity contribution in [1.29, 1.82) is 0 Å². The molecule has 1 aliphatic rings. The van der Waals surface area contributed by atoms with Crippen molar-refractivity contribution in [3.8, 4) is 0 Å². The summed E-state index contributed by atoms with van der Waals surface area (Å²) < 4.78 is 2.34. The molecule has 19 heavy (non-hydrogen) atoms. The van der Waals surface area contributed by atoms with Crippen LogP contribution in [0.25, 0.3) is 0 Å². The Morgan fingerprint density at radius 2 is 2.00 bits per heavy atom. The molecule has 0 amide bonds. The van der Waals surface area contributed by atoms with E-state index < -0.39 is 0 Å². The van der Waals surface area contributed by atoms with Gasteiger partial charge in [0, 0.05) is 25.0 Å². The number of nitrogens with zero attached hydrogens (tertiary/aromatic N) is 1. The van der Waals surface area contributed by atoms with Crippen LogP contribution in [-0.4, -0.2) is 11.6 Å². The van der Waals surface area contributed by atoms with Crippen molar-refractivity contribution in [1.82, 2.24) is 9.88 Å². The maximum atomic E-state index is 3.46. The maximum Gasteiger partial charge on any atom is 0.0470 e. The third kappa shape index (κ3) is 2.74. The molecule has 0 aliphatic heterocycles. The van der Waals surface area contributed by atoms with Crippen molar-refractivity contribution >= 4 is 0 Å². The molecule has 2 heteroatoms. The van der Waals surface area contributed by atoms with E-state index in [9.17, 15) is 0 Å². The van der Waals surface area contributed by atoms with E-state index in [1.54, 1.807) is 0 Å². The lowest BCUT2D eigenvalue weighted by molar-refractivity contribution is 0.531. The SMILES string of the molecule is CNC1CCCCc2cn(Cc3ccccc3)cc21. The zero-order chi connectivity index (χ0) is 13.1. The summed E-state index contributed by atoms with van der Waals surface area (Å²) in [6.45, 7) is 0.976. The molecule has 0 saturated carbocycles. The Morgan fingerprint density at radius 3 is 2.79 bits per heavy atom. The highest BCUT2D eigenvalue weighted by Crippen LogP contribution is 2.29. The average molecular weight is 254 g/mol. The third-order valence-electron chi connectivity index (χ3n) is 4.12. The Morgan fingerprint density at radius 1 is 1.16 bits per heavy atom. The molecule has 3 rings (SSSR count). The molecule has 1 atom stereocenters. The Labute approximate surface area is 115 Å². The number of hydrogen-bond acceptors (Lipinski definition) is 1. The molecule has 0 radical (unpaired) electrons. The minimum absolute atomic E-state index is 0.537. The van der Waals surface area contributed by atoms with Gasteiger partial charge in [-0.05, 0) is 43.0 Å². The lowest BCUT2D eigenvalue weighted by atomic mass is 10.1. The predicted octanol–water partition coefficient (Wildman–Crippen LogP) is 3.52. The lowest BCUT2D eigenvalue weighted by Gasteiger charge is -2.13. The summed E-state index contributed by atoms with van der Waals surface area (Å²) in [4.78, 5) is 0. The van der Waals surface area contributed by atoms with Gasteiger partial charge >= 0.3 is 0 Å². The number of rotatable bonds is 3. The summed E-state index contributed by atoms with van der Waals surface area (Å²) >= 11 is 0. The molecule has 0 saturated heterocycles. The maximum absolute atomic E-state index is 3.46. The van der Waals surface area contributed by atoms with Crippen LogP contribution < -0.4 is 5.32 Å². The molecule has 0 fully saturated rings. The van der Waals surface area contributed by atoms with Gasteiger partial charge in [0.15, 0.2) is 0 Å². The third-order valence-corrected chi connectivity index (χ3v) is 4.12. The van der Waals surface area contributed by atoms with E-state index in [4.69, 9.17) is 0 Å². The molecule has 1 aromatic carbocycles. The van der Waals surface area contributed by atoms with Crippen molar-refractivity contribution in [2.45, 2.75) is 38.3 Å². The second kappa shape index (κ2) is 5.62. The van der Waals surface area contributed by atoms with Crippen LogP contribution >= 0.6 is 0 Å². The van der Waals surface area contributed by atoms with Gasteiger partial charge in [0.05, 0.1) is 0 Å². The molecule has 1 aliphatic carbocycles. The second-order valence-electron chi connectivity index (χ2n) is 5.48. The molecule has 1 N–H and O–H groups in total. The molecule has 1 unspecified atom stereocenters. The van der Waals surface area contributed by atoms with Crippen LogP contribution in [0.5, 0.6) is 0 Å². The topological polar surface area (TPSA) is 17.0 Å². The Hall–Kier alpha value is -1.54. The summed E-state index contributed by atoms with van der Waals surface area (Å²) in [7, 11) is 2.08. The zero-order valence-electron chi connectivity index (χ0n) is 11.6. The number of aromatic nitrogens is 1. The van der Waals surface area contributed by atoms with Crippen molar-refractivity contribution in [3.63, 3.8) is 0 Å². The van der Waals surface area contributed by atoms with E-state index in [0.717, 1.165) is 6.54 Å². The minimum atomic E-state index is 0.537. The van der Waals surface area contributed by atoms with Gasteiger partial charge in [0.1, 0.15) is 0 Å². The number of hydrogen-bond donors (Lipinski definition) is 1. The molecule has 1 heterocycles. The van der Waals surface area contributed by atoms with Gasteiger partial charge in [-0.25, -0.2) is 0 Å². The van der Waals surface area contributed by atoms with Gasteiger partial charge in [-0.15, -0.1) is 0 Å². The summed E-state index contributed by atoms with van der Waals surface area (Å²) in [6, 6.07) is 11.2. The Bertz CT molecular complexity index is 527. The first-order valence-corrected chi connectivity index (χ1v) is 7.26. The Balaban J connectivity index is 1.85. The average Bonchev–Trinajstić information content (AvgIpc) is 2.73. The van der Waals surface area contributed by atoms with E-state index in [1.807, 2.05) is 0 Å². The molecule has 100 valence electrons. The molecule has 2 aromatic rings. The van der Waals surface area contributed by atoms with Crippen LogP contribution in [-0.2, 0) is 13.0 Å². The molecule has 2 nitrogen and oxygen atoms in total. The highest BCUT2D eigenvalue weighted by molar-refractivity contribution is 5.30. The fraction of sp³-hybridized carbons (Fsp3) is 0.412. The summed E-state index contributed by atoms with van der Waals surface area (Å²) in [6.07, 6.45) is 9.83. The summed E-state index contributed by atoms with van der Waals surface area (Å²) in [5, 5.41) is 3.46. The largest absolute Gasteiger partial charge is 0.349 e. The second-order valence-corrected chi connectivity index (χ2v) is 5.48. The van der Waals surface area contributed by atoms with Crippen molar-refractivity contribution in [2.75, 3.05) is 7.05 Å². The van der Waals surface area contributed by atoms with Crippen LogP contribution in [0, 0.1) is 0 Å². The molecule has 0 bridgehead atoms. The van der Waals surface area contributed by atoms with Crippen molar-refractivity contribution in [3.05, 3.63) is 59.4 Å². The number of fused-ring (bicyclic) bond motifs is 1. The van der Waals surface area contributed by atoms with Crippen LogP contribution in [0.3, 0.4) is 0 Å². The van der Waals surface area contributed by atoms with E-state index in [-0.39, 0.29) is 0 Å². The van der Waals surface area contributed by atoms with Gasteiger partial charge < -0.3 is 9.88 Å². The van der Waals surface area contributed by atoms with Crippen molar-refractivity contribution < 1.29 is 0 Å².